The Bertz CT molecular complexity index is 2060. The summed E-state index contributed by atoms with van der Waals surface area (Å²) < 4.78 is 0. The molecule has 1 aliphatic carbocycles. The van der Waals surface area contributed by atoms with Crippen molar-refractivity contribution in [2.45, 2.75) is 12.3 Å². The molecular weight excluding hydrogens is 518 g/mol. The van der Waals surface area contributed by atoms with Crippen molar-refractivity contribution in [1.29, 1.82) is 0 Å². The first kappa shape index (κ1) is 25.3. The van der Waals surface area contributed by atoms with Crippen LogP contribution in [0, 0.1) is 0 Å². The highest BCUT2D eigenvalue weighted by molar-refractivity contribution is 5.90. The molecule has 1 nitrogen and oxygen atoms in total. The molecule has 0 aromatic heterocycles. The maximum absolute atomic E-state index is 2.39. The third-order valence-electron chi connectivity index (χ3n) is 9.10. The molecular formula is C42H31N. The fourth-order valence-corrected chi connectivity index (χ4v) is 6.94. The summed E-state index contributed by atoms with van der Waals surface area (Å²) in [5.41, 5.74) is 12.3. The van der Waals surface area contributed by atoms with Gasteiger partial charge in [0.2, 0.25) is 0 Å². The van der Waals surface area contributed by atoms with Crippen LogP contribution < -0.4 is 4.90 Å². The second-order valence-corrected chi connectivity index (χ2v) is 11.5. The maximum Gasteiger partial charge on any atom is 0.0468 e. The lowest BCUT2D eigenvalue weighted by Gasteiger charge is -2.29. The Morgan fingerprint density at radius 2 is 0.953 bits per heavy atom. The van der Waals surface area contributed by atoms with E-state index in [-0.39, 0.29) is 5.41 Å². The molecule has 7 aromatic rings. The molecule has 0 fully saturated rings. The molecule has 0 atom stereocenters. The zero-order valence-electron chi connectivity index (χ0n) is 24.1. The molecule has 7 aromatic carbocycles. The number of benzene rings is 7. The minimum absolute atomic E-state index is 0.220. The van der Waals surface area contributed by atoms with Gasteiger partial charge >= 0.3 is 0 Å². The maximum atomic E-state index is 2.39. The van der Waals surface area contributed by atoms with Crippen molar-refractivity contribution in [2.24, 2.45) is 0 Å². The zero-order valence-corrected chi connectivity index (χ0v) is 24.1. The van der Waals surface area contributed by atoms with Gasteiger partial charge in [-0.2, -0.15) is 0 Å². The van der Waals surface area contributed by atoms with Gasteiger partial charge in [0.05, 0.1) is 0 Å². The summed E-state index contributed by atoms with van der Waals surface area (Å²) in [6, 6.07) is 61.7. The molecule has 0 bridgehead atoms. The molecule has 0 spiro atoms. The number of nitrogens with zero attached hydrogens (tertiary/aromatic N) is 1. The smallest absolute Gasteiger partial charge is 0.0468 e. The van der Waals surface area contributed by atoms with Gasteiger partial charge < -0.3 is 4.90 Å². The Labute approximate surface area is 253 Å². The molecule has 8 rings (SSSR count). The van der Waals surface area contributed by atoms with E-state index >= 15 is 0 Å². The normalized spacial score (nSPS) is 13.0. The van der Waals surface area contributed by atoms with Gasteiger partial charge in [-0.25, -0.2) is 0 Å². The van der Waals surface area contributed by atoms with Gasteiger partial charge in [0, 0.05) is 22.5 Å². The van der Waals surface area contributed by atoms with Gasteiger partial charge in [-0.15, -0.1) is 0 Å². The lowest BCUT2D eigenvalue weighted by molar-refractivity contribution is 0.714. The molecule has 0 aliphatic heterocycles. The highest BCUT2D eigenvalue weighted by atomic mass is 15.1. The Hall–Kier alpha value is -5.40. The van der Waals surface area contributed by atoms with Crippen LogP contribution in [0.1, 0.15) is 23.6 Å². The van der Waals surface area contributed by atoms with Gasteiger partial charge in [0.25, 0.3) is 0 Å². The number of hydrogen-bond donors (Lipinski definition) is 0. The van der Waals surface area contributed by atoms with E-state index < -0.39 is 0 Å². The summed E-state index contributed by atoms with van der Waals surface area (Å²) in [5.74, 6) is 0. The largest absolute Gasteiger partial charge is 0.310 e. The molecule has 0 N–H and O–H groups in total. The topological polar surface area (TPSA) is 3.24 Å². The van der Waals surface area contributed by atoms with Crippen LogP contribution in [-0.2, 0) is 5.41 Å². The van der Waals surface area contributed by atoms with E-state index in [1.807, 2.05) is 0 Å². The van der Waals surface area contributed by atoms with E-state index in [1.165, 1.54) is 49.7 Å². The third kappa shape index (κ3) is 4.16. The number of hydrogen-bond acceptors (Lipinski definition) is 1. The van der Waals surface area contributed by atoms with Gasteiger partial charge in [0.15, 0.2) is 0 Å². The van der Waals surface area contributed by atoms with E-state index in [4.69, 9.17) is 0 Å². The third-order valence-corrected chi connectivity index (χ3v) is 9.10. The summed E-state index contributed by atoms with van der Waals surface area (Å²) in [4.78, 5) is 2.35. The van der Waals surface area contributed by atoms with Crippen LogP contribution in [0.4, 0.5) is 17.1 Å². The highest BCUT2D eigenvalue weighted by Crippen LogP contribution is 2.52. The van der Waals surface area contributed by atoms with Crippen LogP contribution in [0.3, 0.4) is 0 Å². The predicted octanol–water partition coefficient (Wildman–Crippen LogP) is 11.3. The number of anilines is 3. The van der Waals surface area contributed by atoms with Crippen LogP contribution in [0.5, 0.6) is 0 Å². The molecule has 1 aliphatic rings. The standard InChI is InChI=1S/C42H31N/c1-42(40-23-9-7-21-38(40)39-22-8-10-24-41(39)42)34-17-11-15-31(27-34)33-16-12-20-36(29-33)43(35-18-3-2-4-19-35)37-26-25-30-13-5-6-14-32(30)28-37/h2-29H,1H3. The van der Waals surface area contributed by atoms with Crippen LogP contribution in [0.2, 0.25) is 0 Å². The SMILES string of the molecule is CC1(c2cccc(-c3cccc(N(c4ccccc4)c4ccc5ccccc5c4)c3)c2)c2ccccc2-c2ccccc21. The molecule has 43 heavy (non-hydrogen) atoms. The summed E-state index contributed by atoms with van der Waals surface area (Å²) in [6.45, 7) is 2.38. The number of rotatable bonds is 5. The summed E-state index contributed by atoms with van der Waals surface area (Å²) in [7, 11) is 0. The Balaban J connectivity index is 1.25. The van der Waals surface area contributed by atoms with Crippen molar-refractivity contribution in [2.75, 3.05) is 4.90 Å². The summed E-state index contributed by atoms with van der Waals surface area (Å²) in [6.07, 6.45) is 0. The van der Waals surface area contributed by atoms with Crippen molar-refractivity contribution in [3.05, 3.63) is 187 Å². The van der Waals surface area contributed by atoms with Gasteiger partial charge in [0.1, 0.15) is 0 Å². The van der Waals surface area contributed by atoms with E-state index in [2.05, 4.69) is 182 Å². The Morgan fingerprint density at radius 3 is 1.70 bits per heavy atom. The average Bonchev–Trinajstić information content (AvgIpc) is 3.35. The van der Waals surface area contributed by atoms with Crippen molar-refractivity contribution in [3.63, 3.8) is 0 Å². The fourth-order valence-electron chi connectivity index (χ4n) is 6.94. The lowest BCUT2D eigenvalue weighted by atomic mass is 9.74. The van der Waals surface area contributed by atoms with Crippen molar-refractivity contribution < 1.29 is 0 Å². The molecule has 0 saturated carbocycles. The second-order valence-electron chi connectivity index (χ2n) is 11.5. The molecule has 1 heteroatoms. The van der Waals surface area contributed by atoms with Crippen LogP contribution in [-0.4, -0.2) is 0 Å². The zero-order chi connectivity index (χ0) is 28.8. The van der Waals surface area contributed by atoms with Crippen LogP contribution in [0.25, 0.3) is 33.0 Å². The van der Waals surface area contributed by atoms with Crippen LogP contribution in [0.15, 0.2) is 170 Å². The van der Waals surface area contributed by atoms with Gasteiger partial charge in [-0.3, -0.25) is 0 Å². The molecule has 0 saturated heterocycles. The van der Waals surface area contributed by atoms with Crippen molar-refractivity contribution >= 4 is 27.8 Å². The summed E-state index contributed by atoms with van der Waals surface area (Å²) in [5, 5.41) is 2.48. The minimum Gasteiger partial charge on any atom is -0.310 e. The quantitative estimate of drug-likeness (QED) is 0.206. The first-order valence-electron chi connectivity index (χ1n) is 14.9. The van der Waals surface area contributed by atoms with Crippen molar-refractivity contribution in [3.8, 4) is 22.3 Å². The highest BCUT2D eigenvalue weighted by Gasteiger charge is 2.40. The summed E-state index contributed by atoms with van der Waals surface area (Å²) >= 11 is 0. The van der Waals surface area contributed by atoms with E-state index in [9.17, 15) is 0 Å². The van der Waals surface area contributed by atoms with E-state index in [0.29, 0.717) is 0 Å². The van der Waals surface area contributed by atoms with Crippen LogP contribution >= 0.6 is 0 Å². The molecule has 0 heterocycles. The Kier molecular flexibility index (Phi) is 5.98. The van der Waals surface area contributed by atoms with Gasteiger partial charge in [-0.1, -0.05) is 127 Å². The van der Waals surface area contributed by atoms with E-state index in [0.717, 1.165) is 17.1 Å². The lowest BCUT2D eigenvalue weighted by Crippen LogP contribution is -2.22. The first-order chi connectivity index (χ1) is 21.2. The minimum atomic E-state index is -0.220. The number of para-hydroxylation sites is 1. The molecule has 204 valence electrons. The molecule has 0 amide bonds. The second kappa shape index (κ2) is 10.2. The fraction of sp³-hybridized carbons (Fsp3) is 0.0476. The molecule has 0 unspecified atom stereocenters. The molecule has 0 radical (unpaired) electrons. The monoisotopic (exact) mass is 549 g/mol. The van der Waals surface area contributed by atoms with Gasteiger partial charge in [-0.05, 0) is 99.1 Å². The predicted molar refractivity (Wildman–Crippen MR) is 182 cm³/mol. The van der Waals surface area contributed by atoms with E-state index in [1.54, 1.807) is 0 Å². The van der Waals surface area contributed by atoms with Crippen molar-refractivity contribution in [1.82, 2.24) is 0 Å². The Morgan fingerprint density at radius 1 is 0.395 bits per heavy atom. The number of fused-ring (bicyclic) bond motifs is 4. The average molecular weight is 550 g/mol. The first-order valence-corrected chi connectivity index (χ1v) is 14.9.